The van der Waals surface area contributed by atoms with Crippen molar-refractivity contribution in [2.24, 2.45) is 0 Å². The Labute approximate surface area is 196 Å². The van der Waals surface area contributed by atoms with Crippen molar-refractivity contribution >= 4 is 11.9 Å². The number of aliphatic carboxylic acids is 2. The van der Waals surface area contributed by atoms with Crippen molar-refractivity contribution in [1.29, 1.82) is 0 Å². The highest BCUT2D eigenvalue weighted by molar-refractivity contribution is 6.27. The number of fused-ring (bicyclic) bond motifs is 5. The van der Waals surface area contributed by atoms with Gasteiger partial charge in [0.2, 0.25) is 0 Å². The predicted molar refractivity (Wildman–Crippen MR) is 129 cm³/mol. The lowest BCUT2D eigenvalue weighted by atomic mass is 9.80. The summed E-state index contributed by atoms with van der Waals surface area (Å²) in [5.41, 5.74) is 9.50. The average Bonchev–Trinajstić information content (AvgIpc) is 3.11. The first-order valence-corrected chi connectivity index (χ1v) is 11.8. The van der Waals surface area contributed by atoms with E-state index in [9.17, 15) is 0 Å². The topological polar surface area (TPSA) is 87.1 Å². The van der Waals surface area contributed by atoms with E-state index in [0.29, 0.717) is 5.41 Å². The highest BCUT2D eigenvalue weighted by Gasteiger charge is 2.33. The molecule has 0 saturated heterocycles. The van der Waals surface area contributed by atoms with Crippen LogP contribution in [0.2, 0.25) is 0 Å². The third-order valence-electron chi connectivity index (χ3n) is 6.93. The zero-order chi connectivity index (χ0) is 24.2. The Balaban J connectivity index is 0.000000454. The molecular weight excluding hydrogens is 418 g/mol. The molecule has 0 saturated carbocycles. The summed E-state index contributed by atoms with van der Waals surface area (Å²) < 4.78 is 6.05. The second-order valence-corrected chi connectivity index (χ2v) is 9.31. The molecule has 0 aromatic heterocycles. The number of carboxylic acids is 2. The lowest BCUT2D eigenvalue weighted by Gasteiger charge is -2.25. The molecule has 0 aliphatic heterocycles. The molecule has 2 aromatic rings. The van der Waals surface area contributed by atoms with Crippen LogP contribution in [0.1, 0.15) is 56.4 Å². The zero-order valence-electron chi connectivity index (χ0n) is 20.1. The molecule has 0 spiro atoms. The predicted octanol–water partition coefficient (Wildman–Crippen LogP) is 4.55. The first kappa shape index (κ1) is 24.8. The van der Waals surface area contributed by atoms with Crippen LogP contribution < -0.4 is 4.74 Å². The van der Waals surface area contributed by atoms with Crippen molar-refractivity contribution in [3.63, 3.8) is 0 Å². The number of hydrogen-bond acceptors (Lipinski definition) is 4. The number of carbonyl (C=O) groups is 2. The number of likely N-dealkylation sites (N-methyl/N-ethyl adjacent to an activating group) is 1. The van der Waals surface area contributed by atoms with Gasteiger partial charge in [-0.1, -0.05) is 45.9 Å². The van der Waals surface area contributed by atoms with Crippen molar-refractivity contribution in [1.82, 2.24) is 4.90 Å². The summed E-state index contributed by atoms with van der Waals surface area (Å²) in [6.45, 7) is 13.1. The lowest BCUT2D eigenvalue weighted by molar-refractivity contribution is -0.159. The van der Waals surface area contributed by atoms with Crippen LogP contribution in [-0.2, 0) is 34.3 Å². The van der Waals surface area contributed by atoms with Gasteiger partial charge in [-0.25, -0.2) is 9.59 Å². The van der Waals surface area contributed by atoms with Crippen LogP contribution in [-0.4, -0.2) is 53.3 Å². The Bertz CT molecular complexity index is 1010. The number of aryl methyl sites for hydroxylation is 1. The maximum Gasteiger partial charge on any atom is 0.414 e. The number of carboxylic acid groups (broad SMARTS) is 2. The number of nitrogens with zero attached hydrogens (tertiary/aromatic N) is 1. The van der Waals surface area contributed by atoms with E-state index in [1.54, 1.807) is 16.7 Å². The second kappa shape index (κ2) is 10.4. The van der Waals surface area contributed by atoms with Gasteiger partial charge in [0, 0.05) is 6.54 Å². The van der Waals surface area contributed by atoms with E-state index in [0.717, 1.165) is 38.4 Å². The minimum atomic E-state index is -1.82. The number of rotatable bonds is 6. The van der Waals surface area contributed by atoms with E-state index < -0.39 is 11.9 Å². The van der Waals surface area contributed by atoms with E-state index in [2.05, 4.69) is 62.9 Å². The summed E-state index contributed by atoms with van der Waals surface area (Å²) in [7, 11) is 0. The molecule has 0 fully saturated rings. The molecule has 0 bridgehead atoms. The molecule has 6 heteroatoms. The van der Waals surface area contributed by atoms with Crippen molar-refractivity contribution in [2.75, 3.05) is 26.2 Å². The molecule has 0 unspecified atom stereocenters. The zero-order valence-corrected chi connectivity index (χ0v) is 20.1. The van der Waals surface area contributed by atoms with Gasteiger partial charge in [-0.05, 0) is 89.7 Å². The van der Waals surface area contributed by atoms with Crippen molar-refractivity contribution in [3.05, 3.63) is 52.6 Å². The first-order valence-electron chi connectivity index (χ1n) is 11.8. The van der Waals surface area contributed by atoms with E-state index in [1.165, 1.54) is 36.0 Å². The SMILES string of the molecule is CCN(CC)CCOc1ccc2c(c1)CCc1c-2ccc2c1CCC2(C)C.O=C(O)C(=O)O. The fraction of sp³-hybridized carbons (Fsp3) is 0.481. The summed E-state index contributed by atoms with van der Waals surface area (Å²) in [5.74, 6) is -2.63. The summed E-state index contributed by atoms with van der Waals surface area (Å²) in [4.78, 5) is 20.6. The number of benzene rings is 2. The Morgan fingerprint density at radius 3 is 2.24 bits per heavy atom. The van der Waals surface area contributed by atoms with Crippen molar-refractivity contribution in [2.45, 2.75) is 58.8 Å². The fourth-order valence-electron chi connectivity index (χ4n) is 4.94. The van der Waals surface area contributed by atoms with Crippen LogP contribution in [0.4, 0.5) is 0 Å². The van der Waals surface area contributed by atoms with E-state index >= 15 is 0 Å². The van der Waals surface area contributed by atoms with Gasteiger partial charge < -0.3 is 19.8 Å². The second-order valence-electron chi connectivity index (χ2n) is 9.31. The molecule has 2 aliphatic carbocycles. The molecule has 178 valence electrons. The molecule has 33 heavy (non-hydrogen) atoms. The van der Waals surface area contributed by atoms with Crippen LogP contribution in [0.25, 0.3) is 11.1 Å². The molecule has 2 aliphatic rings. The van der Waals surface area contributed by atoms with Crippen LogP contribution in [0.5, 0.6) is 5.75 Å². The number of hydrogen-bond donors (Lipinski definition) is 2. The molecule has 2 N–H and O–H groups in total. The summed E-state index contributed by atoms with van der Waals surface area (Å²) in [6.07, 6.45) is 4.83. The maximum atomic E-state index is 9.10. The standard InChI is InChI=1S/C25H33NO.C2H2O4/c1-5-26(6-2)15-16-27-19-8-10-20-18(17-19)7-9-22-21(20)11-12-24-23(22)13-14-25(24,3)4;3-1(4)2(5)6/h8,10-12,17H,5-7,9,13-16H2,1-4H3;(H,3,4)(H,5,6). The molecule has 4 rings (SSSR count). The van der Waals surface area contributed by atoms with Crippen molar-refractivity contribution in [3.8, 4) is 16.9 Å². The summed E-state index contributed by atoms with van der Waals surface area (Å²) in [5, 5.41) is 14.8. The van der Waals surface area contributed by atoms with Gasteiger partial charge in [-0.2, -0.15) is 0 Å². The Kier molecular flexibility index (Phi) is 7.80. The fourth-order valence-corrected chi connectivity index (χ4v) is 4.94. The third-order valence-corrected chi connectivity index (χ3v) is 6.93. The van der Waals surface area contributed by atoms with Crippen LogP contribution in [0.3, 0.4) is 0 Å². The van der Waals surface area contributed by atoms with Crippen LogP contribution in [0.15, 0.2) is 30.3 Å². The smallest absolute Gasteiger partial charge is 0.414 e. The maximum absolute atomic E-state index is 9.10. The first-order chi connectivity index (χ1) is 15.7. The van der Waals surface area contributed by atoms with E-state index in [1.807, 2.05) is 0 Å². The minimum Gasteiger partial charge on any atom is -0.492 e. The minimum absolute atomic E-state index is 0.340. The lowest BCUT2D eigenvalue weighted by Crippen LogP contribution is -2.27. The monoisotopic (exact) mass is 453 g/mol. The summed E-state index contributed by atoms with van der Waals surface area (Å²) >= 11 is 0. The molecule has 2 aromatic carbocycles. The Morgan fingerprint density at radius 2 is 1.61 bits per heavy atom. The molecule has 0 radical (unpaired) electrons. The van der Waals surface area contributed by atoms with E-state index in [4.69, 9.17) is 24.5 Å². The third kappa shape index (κ3) is 5.56. The molecule has 6 nitrogen and oxygen atoms in total. The average molecular weight is 454 g/mol. The molecule has 0 heterocycles. The van der Waals surface area contributed by atoms with Gasteiger partial charge in [-0.3, -0.25) is 0 Å². The van der Waals surface area contributed by atoms with Gasteiger partial charge in [0.1, 0.15) is 12.4 Å². The van der Waals surface area contributed by atoms with Gasteiger partial charge in [-0.15, -0.1) is 0 Å². The Hall–Kier alpha value is -2.86. The van der Waals surface area contributed by atoms with Gasteiger partial charge in [0.05, 0.1) is 0 Å². The molecule has 0 atom stereocenters. The van der Waals surface area contributed by atoms with E-state index in [-0.39, 0.29) is 0 Å². The van der Waals surface area contributed by atoms with Gasteiger partial charge in [0.25, 0.3) is 0 Å². The van der Waals surface area contributed by atoms with Crippen molar-refractivity contribution < 1.29 is 24.5 Å². The highest BCUT2D eigenvalue weighted by Crippen LogP contribution is 2.45. The number of ether oxygens (including phenoxy) is 1. The normalized spacial score (nSPS) is 15.1. The largest absolute Gasteiger partial charge is 0.492 e. The molecule has 0 amide bonds. The van der Waals surface area contributed by atoms with Gasteiger partial charge in [0.15, 0.2) is 0 Å². The Morgan fingerprint density at radius 1 is 0.939 bits per heavy atom. The highest BCUT2D eigenvalue weighted by atomic mass is 16.5. The van der Waals surface area contributed by atoms with Crippen LogP contribution in [0, 0.1) is 0 Å². The quantitative estimate of drug-likeness (QED) is 0.624. The van der Waals surface area contributed by atoms with Crippen LogP contribution >= 0.6 is 0 Å². The van der Waals surface area contributed by atoms with Gasteiger partial charge >= 0.3 is 11.9 Å². The summed E-state index contributed by atoms with van der Waals surface area (Å²) in [6, 6.07) is 11.5. The molecular formula is C27H35NO5.